The Morgan fingerprint density at radius 2 is 1.95 bits per heavy atom. The van der Waals surface area contributed by atoms with E-state index in [9.17, 15) is 14.7 Å². The summed E-state index contributed by atoms with van der Waals surface area (Å²) in [6.45, 7) is 0. The summed E-state index contributed by atoms with van der Waals surface area (Å²) in [4.78, 5) is 21.9. The van der Waals surface area contributed by atoms with Gasteiger partial charge in [0.15, 0.2) is 11.5 Å². The van der Waals surface area contributed by atoms with Crippen LogP contribution < -0.4 is 10.1 Å². The van der Waals surface area contributed by atoms with Gasteiger partial charge in [0.2, 0.25) is 6.41 Å². The molecule has 0 heterocycles. The molecule has 0 saturated carbocycles. The summed E-state index contributed by atoms with van der Waals surface area (Å²) in [5.41, 5.74) is 1.86. The van der Waals surface area contributed by atoms with Gasteiger partial charge in [-0.1, -0.05) is 18.2 Å². The Labute approximate surface area is 115 Å². The van der Waals surface area contributed by atoms with Crippen LogP contribution in [0.25, 0.3) is 11.1 Å². The van der Waals surface area contributed by atoms with Crippen LogP contribution in [0, 0.1) is 0 Å². The molecule has 0 fully saturated rings. The summed E-state index contributed by atoms with van der Waals surface area (Å²) < 4.78 is 4.98. The zero-order valence-corrected chi connectivity index (χ0v) is 10.8. The zero-order chi connectivity index (χ0) is 14.5. The third kappa shape index (κ3) is 2.77. The van der Waals surface area contributed by atoms with Gasteiger partial charge in [-0.25, -0.2) is 0 Å². The fourth-order valence-corrected chi connectivity index (χ4v) is 1.85. The third-order valence-electron chi connectivity index (χ3n) is 2.83. The second kappa shape index (κ2) is 5.88. The molecule has 5 heteroatoms. The monoisotopic (exact) mass is 271 g/mol. The van der Waals surface area contributed by atoms with Gasteiger partial charge in [0.05, 0.1) is 7.11 Å². The van der Waals surface area contributed by atoms with Gasteiger partial charge in [-0.15, -0.1) is 0 Å². The fourth-order valence-electron chi connectivity index (χ4n) is 1.85. The predicted molar refractivity (Wildman–Crippen MR) is 73.6 cm³/mol. The van der Waals surface area contributed by atoms with E-state index < -0.39 is 5.91 Å². The van der Waals surface area contributed by atoms with Crippen molar-refractivity contribution in [1.29, 1.82) is 0 Å². The van der Waals surface area contributed by atoms with Crippen molar-refractivity contribution >= 4 is 12.3 Å². The molecule has 2 aromatic rings. The van der Waals surface area contributed by atoms with Crippen molar-refractivity contribution < 1.29 is 19.4 Å². The summed E-state index contributed by atoms with van der Waals surface area (Å²) in [6.07, 6.45) is 0.341. The number of carbonyl (C=O) groups excluding carboxylic acids is 2. The Bertz CT molecular complexity index is 652. The number of aromatic hydroxyl groups is 1. The van der Waals surface area contributed by atoms with Gasteiger partial charge in [0.25, 0.3) is 5.91 Å². The van der Waals surface area contributed by atoms with E-state index in [1.54, 1.807) is 42.5 Å². The number of phenols is 1. The van der Waals surface area contributed by atoms with Crippen LogP contribution in [-0.2, 0) is 4.79 Å². The maximum atomic E-state index is 11.6. The molecule has 0 spiro atoms. The summed E-state index contributed by atoms with van der Waals surface area (Å²) >= 11 is 0. The third-order valence-corrected chi connectivity index (χ3v) is 2.83. The van der Waals surface area contributed by atoms with E-state index >= 15 is 0 Å². The smallest absolute Gasteiger partial charge is 0.257 e. The summed E-state index contributed by atoms with van der Waals surface area (Å²) in [5.74, 6) is -0.0732. The number of methoxy groups -OCH3 is 1. The van der Waals surface area contributed by atoms with Crippen LogP contribution in [0.15, 0.2) is 42.5 Å². The highest BCUT2D eigenvalue weighted by Crippen LogP contribution is 2.31. The molecule has 20 heavy (non-hydrogen) atoms. The highest BCUT2D eigenvalue weighted by atomic mass is 16.5. The summed E-state index contributed by atoms with van der Waals surface area (Å²) in [7, 11) is 1.47. The lowest BCUT2D eigenvalue weighted by Gasteiger charge is -2.07. The number of hydrogen-bond acceptors (Lipinski definition) is 4. The molecule has 0 unspecified atom stereocenters. The Hall–Kier alpha value is -2.82. The number of ether oxygens (including phenoxy) is 1. The first kappa shape index (κ1) is 13.6. The number of imide groups is 1. The average molecular weight is 271 g/mol. The van der Waals surface area contributed by atoms with Gasteiger partial charge in [0.1, 0.15) is 0 Å². The molecule has 0 aliphatic rings. The minimum Gasteiger partial charge on any atom is -0.504 e. The normalized spacial score (nSPS) is 9.85. The molecule has 0 bridgehead atoms. The number of carbonyl (C=O) groups is 2. The van der Waals surface area contributed by atoms with Crippen LogP contribution in [0.5, 0.6) is 11.5 Å². The lowest BCUT2D eigenvalue weighted by atomic mass is 10.0. The van der Waals surface area contributed by atoms with Gasteiger partial charge in [-0.2, -0.15) is 0 Å². The first-order valence-corrected chi connectivity index (χ1v) is 5.87. The molecule has 2 aromatic carbocycles. The highest BCUT2D eigenvalue weighted by molar-refractivity contribution is 6.00. The molecule has 2 rings (SSSR count). The van der Waals surface area contributed by atoms with Gasteiger partial charge >= 0.3 is 0 Å². The van der Waals surface area contributed by atoms with Crippen molar-refractivity contribution in [3.8, 4) is 22.6 Å². The zero-order valence-electron chi connectivity index (χ0n) is 10.8. The van der Waals surface area contributed by atoms with Crippen molar-refractivity contribution in [2.45, 2.75) is 0 Å². The van der Waals surface area contributed by atoms with E-state index in [0.29, 0.717) is 17.7 Å². The van der Waals surface area contributed by atoms with Gasteiger partial charge in [-0.3, -0.25) is 14.9 Å². The number of hydrogen-bond donors (Lipinski definition) is 2. The Morgan fingerprint density at radius 1 is 1.20 bits per heavy atom. The first-order valence-electron chi connectivity index (χ1n) is 5.87. The molecular weight excluding hydrogens is 258 g/mol. The Morgan fingerprint density at radius 3 is 2.60 bits per heavy atom. The summed E-state index contributed by atoms with van der Waals surface area (Å²) in [6, 6.07) is 11.7. The number of rotatable bonds is 4. The van der Waals surface area contributed by atoms with Crippen LogP contribution in [-0.4, -0.2) is 24.5 Å². The molecule has 0 aliphatic carbocycles. The van der Waals surface area contributed by atoms with Crippen LogP contribution in [0.2, 0.25) is 0 Å². The molecule has 0 aromatic heterocycles. The van der Waals surface area contributed by atoms with Gasteiger partial charge < -0.3 is 9.84 Å². The number of amides is 2. The molecule has 2 amide bonds. The molecular formula is C15H13NO4. The SMILES string of the molecule is COc1ccc(-c2cccc(C(=O)NC=O)c2)cc1O. The van der Waals surface area contributed by atoms with Crippen molar-refractivity contribution in [3.63, 3.8) is 0 Å². The average Bonchev–Trinajstić information content (AvgIpc) is 2.47. The Balaban J connectivity index is 2.38. The van der Waals surface area contributed by atoms with Crippen LogP contribution in [0.4, 0.5) is 0 Å². The summed E-state index contributed by atoms with van der Waals surface area (Å²) in [5, 5.41) is 11.8. The van der Waals surface area contributed by atoms with Crippen molar-refractivity contribution in [3.05, 3.63) is 48.0 Å². The largest absolute Gasteiger partial charge is 0.504 e. The quantitative estimate of drug-likeness (QED) is 0.833. The number of benzene rings is 2. The highest BCUT2D eigenvalue weighted by Gasteiger charge is 2.08. The van der Waals surface area contributed by atoms with Crippen LogP contribution >= 0.6 is 0 Å². The van der Waals surface area contributed by atoms with E-state index in [1.165, 1.54) is 7.11 Å². The second-order valence-electron chi connectivity index (χ2n) is 4.06. The topological polar surface area (TPSA) is 75.6 Å². The van der Waals surface area contributed by atoms with Crippen LogP contribution in [0.1, 0.15) is 10.4 Å². The molecule has 0 saturated heterocycles. The predicted octanol–water partition coefficient (Wildman–Crippen LogP) is 1.95. The molecule has 0 atom stereocenters. The van der Waals surface area contributed by atoms with Crippen molar-refractivity contribution in [2.24, 2.45) is 0 Å². The molecule has 2 N–H and O–H groups in total. The Kier molecular flexibility index (Phi) is 4.00. The minimum atomic E-state index is -0.473. The molecule has 0 aliphatic heterocycles. The molecule has 5 nitrogen and oxygen atoms in total. The van der Waals surface area contributed by atoms with Crippen molar-refractivity contribution in [2.75, 3.05) is 7.11 Å². The number of nitrogens with one attached hydrogen (secondary N) is 1. The van der Waals surface area contributed by atoms with Gasteiger partial charge in [-0.05, 0) is 35.4 Å². The van der Waals surface area contributed by atoms with E-state index in [4.69, 9.17) is 4.74 Å². The molecule has 0 radical (unpaired) electrons. The van der Waals surface area contributed by atoms with E-state index in [2.05, 4.69) is 5.32 Å². The first-order chi connectivity index (χ1) is 9.65. The van der Waals surface area contributed by atoms with Crippen LogP contribution in [0.3, 0.4) is 0 Å². The van der Waals surface area contributed by atoms with E-state index in [-0.39, 0.29) is 5.75 Å². The number of phenolic OH excluding ortho intramolecular Hbond substituents is 1. The maximum absolute atomic E-state index is 11.6. The fraction of sp³-hybridized carbons (Fsp3) is 0.0667. The van der Waals surface area contributed by atoms with Crippen molar-refractivity contribution in [1.82, 2.24) is 5.32 Å². The van der Waals surface area contributed by atoms with Gasteiger partial charge in [0, 0.05) is 5.56 Å². The van der Waals surface area contributed by atoms with E-state index in [1.807, 2.05) is 0 Å². The lowest BCUT2D eigenvalue weighted by Crippen LogP contribution is -2.21. The maximum Gasteiger partial charge on any atom is 0.257 e. The molecule has 102 valence electrons. The minimum absolute atomic E-state index is 0.0211. The van der Waals surface area contributed by atoms with E-state index in [0.717, 1.165) is 11.1 Å². The lowest BCUT2D eigenvalue weighted by molar-refractivity contribution is -0.108. The second-order valence-corrected chi connectivity index (χ2v) is 4.06. The standard InChI is InChI=1S/C15H13NO4/c1-20-14-6-5-11(8-13(14)18)10-3-2-4-12(7-10)15(19)16-9-17/h2-9,18H,1H3,(H,16,17,19).